The number of nitrogens with zero attached hydrogens (tertiary/aromatic N) is 5. The fourth-order valence-electron chi connectivity index (χ4n) is 3.31. The van der Waals surface area contributed by atoms with Gasteiger partial charge in [-0.3, -0.25) is 4.79 Å². The molecule has 2 aromatic heterocycles. The Bertz CT molecular complexity index is 897. The van der Waals surface area contributed by atoms with Crippen molar-refractivity contribution in [1.29, 1.82) is 0 Å². The molecule has 26 heavy (non-hydrogen) atoms. The maximum atomic E-state index is 12.9. The normalized spacial score (nSPS) is 14.5. The third-order valence-electron chi connectivity index (χ3n) is 4.76. The minimum atomic E-state index is 0.0784. The van der Waals surface area contributed by atoms with Gasteiger partial charge in [-0.05, 0) is 24.3 Å². The molecule has 6 heteroatoms. The van der Waals surface area contributed by atoms with Gasteiger partial charge in [0.05, 0.1) is 18.2 Å². The number of carbonyl (C=O) groups excluding carboxylic acids is 1. The zero-order valence-corrected chi connectivity index (χ0v) is 14.7. The molecular formula is C20H21N5O. The van der Waals surface area contributed by atoms with Gasteiger partial charge in [-0.25, -0.2) is 9.97 Å². The Balaban J connectivity index is 1.47. The van der Waals surface area contributed by atoms with Crippen LogP contribution in [0.3, 0.4) is 0 Å². The molecule has 0 aliphatic carbocycles. The molecule has 1 saturated heterocycles. The average molecular weight is 347 g/mol. The highest BCUT2D eigenvalue weighted by Gasteiger charge is 2.23. The number of hydrogen-bond donors (Lipinski definition) is 0. The monoisotopic (exact) mass is 347 g/mol. The largest absolute Gasteiger partial charge is 0.353 e. The van der Waals surface area contributed by atoms with Crippen LogP contribution in [0.1, 0.15) is 10.4 Å². The maximum Gasteiger partial charge on any atom is 0.253 e. The van der Waals surface area contributed by atoms with E-state index >= 15 is 0 Å². The maximum absolute atomic E-state index is 12.9. The molecule has 0 unspecified atom stereocenters. The van der Waals surface area contributed by atoms with Gasteiger partial charge in [-0.1, -0.05) is 18.2 Å². The van der Waals surface area contributed by atoms with Crippen LogP contribution < -0.4 is 4.90 Å². The van der Waals surface area contributed by atoms with E-state index in [1.54, 1.807) is 12.5 Å². The van der Waals surface area contributed by atoms with Gasteiger partial charge in [-0.15, -0.1) is 0 Å². The highest BCUT2D eigenvalue weighted by Crippen LogP contribution is 2.21. The summed E-state index contributed by atoms with van der Waals surface area (Å²) >= 11 is 0. The molecule has 0 radical (unpaired) electrons. The summed E-state index contributed by atoms with van der Waals surface area (Å²) in [5.74, 6) is 1.05. The second-order valence-electron chi connectivity index (χ2n) is 6.44. The number of hydrogen-bond acceptors (Lipinski definition) is 4. The Morgan fingerprint density at radius 3 is 2.58 bits per heavy atom. The number of anilines is 1. The summed E-state index contributed by atoms with van der Waals surface area (Å²) in [7, 11) is 1.95. The van der Waals surface area contributed by atoms with E-state index in [-0.39, 0.29) is 5.91 Å². The van der Waals surface area contributed by atoms with Gasteiger partial charge in [0.2, 0.25) is 0 Å². The molecule has 3 heterocycles. The van der Waals surface area contributed by atoms with Gasteiger partial charge >= 0.3 is 0 Å². The lowest BCUT2D eigenvalue weighted by atomic mass is 10.1. The second-order valence-corrected chi connectivity index (χ2v) is 6.44. The van der Waals surface area contributed by atoms with Gasteiger partial charge in [-0.2, -0.15) is 0 Å². The number of aromatic nitrogens is 3. The summed E-state index contributed by atoms with van der Waals surface area (Å²) in [6.07, 6.45) is 5.38. The second kappa shape index (κ2) is 7.00. The first-order valence-corrected chi connectivity index (χ1v) is 8.74. The number of piperazine rings is 1. The number of imidazole rings is 1. The lowest BCUT2D eigenvalue weighted by Crippen LogP contribution is -2.49. The van der Waals surface area contributed by atoms with Crippen molar-refractivity contribution in [3.05, 3.63) is 66.7 Å². The minimum absolute atomic E-state index is 0.0784. The molecule has 1 fully saturated rings. The van der Waals surface area contributed by atoms with E-state index in [9.17, 15) is 4.79 Å². The number of pyridine rings is 1. The summed E-state index contributed by atoms with van der Waals surface area (Å²) in [6, 6.07) is 13.7. The molecular weight excluding hydrogens is 326 g/mol. The molecule has 1 aliphatic heterocycles. The molecule has 1 amide bonds. The molecule has 132 valence electrons. The van der Waals surface area contributed by atoms with E-state index in [1.807, 2.05) is 65.2 Å². The third kappa shape index (κ3) is 3.18. The van der Waals surface area contributed by atoms with Gasteiger partial charge < -0.3 is 14.4 Å². The van der Waals surface area contributed by atoms with Crippen LogP contribution in [0.4, 0.5) is 5.82 Å². The average Bonchev–Trinajstić information content (AvgIpc) is 3.14. The molecule has 4 rings (SSSR count). The van der Waals surface area contributed by atoms with Crippen LogP contribution in [0.25, 0.3) is 11.3 Å². The summed E-state index contributed by atoms with van der Waals surface area (Å²) in [5, 5.41) is 0. The highest BCUT2D eigenvalue weighted by atomic mass is 16.2. The van der Waals surface area contributed by atoms with Gasteiger partial charge in [0.25, 0.3) is 5.91 Å². The molecule has 1 aliphatic rings. The van der Waals surface area contributed by atoms with Gasteiger partial charge in [0, 0.05) is 50.6 Å². The predicted molar refractivity (Wildman–Crippen MR) is 101 cm³/mol. The fourth-order valence-corrected chi connectivity index (χ4v) is 3.31. The Morgan fingerprint density at radius 1 is 1.04 bits per heavy atom. The fraction of sp³-hybridized carbons (Fsp3) is 0.250. The number of carbonyl (C=O) groups is 1. The van der Waals surface area contributed by atoms with Crippen LogP contribution >= 0.6 is 0 Å². The van der Waals surface area contributed by atoms with E-state index in [0.717, 1.165) is 35.7 Å². The predicted octanol–water partition coefficient (Wildman–Crippen LogP) is 2.44. The molecule has 0 N–H and O–H groups in total. The van der Waals surface area contributed by atoms with Crippen molar-refractivity contribution >= 4 is 11.7 Å². The summed E-state index contributed by atoms with van der Waals surface area (Å²) in [6.45, 7) is 2.99. The van der Waals surface area contributed by atoms with Crippen molar-refractivity contribution in [3.8, 4) is 11.3 Å². The molecule has 0 atom stereocenters. The smallest absolute Gasteiger partial charge is 0.253 e. The molecule has 0 saturated carbocycles. The Kier molecular flexibility index (Phi) is 4.39. The summed E-state index contributed by atoms with van der Waals surface area (Å²) in [4.78, 5) is 25.6. The van der Waals surface area contributed by atoms with Gasteiger partial charge in [0.15, 0.2) is 0 Å². The van der Waals surface area contributed by atoms with E-state index in [1.165, 1.54) is 0 Å². The number of aryl methyl sites for hydroxylation is 1. The van der Waals surface area contributed by atoms with E-state index in [2.05, 4.69) is 14.9 Å². The molecule has 3 aromatic rings. The summed E-state index contributed by atoms with van der Waals surface area (Å²) < 4.78 is 1.95. The SMILES string of the molecule is Cn1cncc1-c1cccc(C(=O)N2CCN(c3ccccn3)CC2)c1. The number of benzene rings is 1. The quantitative estimate of drug-likeness (QED) is 0.730. The van der Waals surface area contributed by atoms with Crippen molar-refractivity contribution in [2.45, 2.75) is 0 Å². The van der Waals surface area contributed by atoms with E-state index in [0.29, 0.717) is 13.1 Å². The van der Waals surface area contributed by atoms with Crippen molar-refractivity contribution in [2.24, 2.45) is 7.05 Å². The molecule has 1 aromatic carbocycles. The number of rotatable bonds is 3. The summed E-state index contributed by atoms with van der Waals surface area (Å²) in [5.41, 5.74) is 2.72. The first-order chi connectivity index (χ1) is 12.7. The number of amides is 1. The van der Waals surface area contributed by atoms with Crippen LogP contribution in [-0.4, -0.2) is 51.5 Å². The molecule has 6 nitrogen and oxygen atoms in total. The van der Waals surface area contributed by atoms with Gasteiger partial charge in [0.1, 0.15) is 5.82 Å². The Labute approximate surface area is 152 Å². The Morgan fingerprint density at radius 2 is 1.88 bits per heavy atom. The van der Waals surface area contributed by atoms with Crippen LogP contribution in [0.5, 0.6) is 0 Å². The zero-order valence-electron chi connectivity index (χ0n) is 14.7. The van der Waals surface area contributed by atoms with Crippen LogP contribution in [0, 0.1) is 0 Å². The van der Waals surface area contributed by atoms with E-state index in [4.69, 9.17) is 0 Å². The van der Waals surface area contributed by atoms with Crippen LogP contribution in [0.15, 0.2) is 61.2 Å². The topological polar surface area (TPSA) is 54.3 Å². The van der Waals surface area contributed by atoms with Crippen molar-refractivity contribution in [3.63, 3.8) is 0 Å². The van der Waals surface area contributed by atoms with Crippen molar-refractivity contribution in [1.82, 2.24) is 19.4 Å². The molecule has 0 spiro atoms. The van der Waals surface area contributed by atoms with Crippen molar-refractivity contribution < 1.29 is 4.79 Å². The first-order valence-electron chi connectivity index (χ1n) is 8.74. The highest BCUT2D eigenvalue weighted by molar-refractivity contribution is 5.95. The standard InChI is InChI=1S/C20H21N5O/c1-23-15-21-14-18(23)16-5-4-6-17(13-16)20(26)25-11-9-24(10-12-25)19-7-2-3-8-22-19/h2-8,13-15H,9-12H2,1H3. The zero-order chi connectivity index (χ0) is 17.9. The molecule has 0 bridgehead atoms. The van der Waals surface area contributed by atoms with Crippen LogP contribution in [-0.2, 0) is 7.05 Å². The lowest BCUT2D eigenvalue weighted by molar-refractivity contribution is 0.0746. The van der Waals surface area contributed by atoms with Crippen molar-refractivity contribution in [2.75, 3.05) is 31.1 Å². The lowest BCUT2D eigenvalue weighted by Gasteiger charge is -2.35. The Hall–Kier alpha value is -3.15. The van der Waals surface area contributed by atoms with E-state index < -0.39 is 0 Å². The third-order valence-corrected chi connectivity index (χ3v) is 4.76. The minimum Gasteiger partial charge on any atom is -0.353 e. The first kappa shape index (κ1) is 16.3. The van der Waals surface area contributed by atoms with Crippen LogP contribution in [0.2, 0.25) is 0 Å².